The van der Waals surface area contributed by atoms with E-state index < -0.39 is 0 Å². The molecular formula is C15H22O4. The van der Waals surface area contributed by atoms with E-state index >= 15 is 0 Å². The number of rotatable bonds is 5. The van der Waals surface area contributed by atoms with E-state index in [2.05, 4.69) is 0 Å². The Balaban J connectivity index is 2.15. The third kappa shape index (κ3) is 3.61. The van der Waals surface area contributed by atoms with Crippen LogP contribution in [0, 0.1) is 0 Å². The first-order valence-electron chi connectivity index (χ1n) is 6.77. The molecule has 2 rings (SSSR count). The van der Waals surface area contributed by atoms with E-state index in [4.69, 9.17) is 14.2 Å². The molecule has 1 fully saturated rings. The van der Waals surface area contributed by atoms with Crippen LogP contribution in [0.3, 0.4) is 0 Å². The average molecular weight is 266 g/mol. The lowest BCUT2D eigenvalue weighted by molar-refractivity contribution is 0.00639. The van der Waals surface area contributed by atoms with Crippen molar-refractivity contribution in [3.8, 4) is 11.5 Å². The topological polar surface area (TPSA) is 47.9 Å². The van der Waals surface area contributed by atoms with Crippen LogP contribution in [0.15, 0.2) is 18.2 Å². The Bertz CT molecular complexity index is 399. The largest absolute Gasteiger partial charge is 0.493 e. The summed E-state index contributed by atoms with van der Waals surface area (Å²) in [6.45, 7) is 3.55. The Kier molecular flexibility index (Phi) is 5.05. The van der Waals surface area contributed by atoms with Gasteiger partial charge in [0.2, 0.25) is 0 Å². The zero-order valence-electron chi connectivity index (χ0n) is 11.6. The van der Waals surface area contributed by atoms with Gasteiger partial charge in [-0.1, -0.05) is 13.0 Å². The van der Waals surface area contributed by atoms with Crippen LogP contribution in [0.25, 0.3) is 0 Å². The summed E-state index contributed by atoms with van der Waals surface area (Å²) in [6.07, 6.45) is 2.12. The van der Waals surface area contributed by atoms with Crippen molar-refractivity contribution in [2.45, 2.75) is 31.8 Å². The highest BCUT2D eigenvalue weighted by molar-refractivity contribution is 5.44. The van der Waals surface area contributed by atoms with Crippen molar-refractivity contribution in [2.75, 3.05) is 26.9 Å². The van der Waals surface area contributed by atoms with Crippen LogP contribution in [0.2, 0.25) is 0 Å². The van der Waals surface area contributed by atoms with E-state index in [0.29, 0.717) is 6.61 Å². The van der Waals surface area contributed by atoms with E-state index in [0.717, 1.165) is 36.5 Å². The second kappa shape index (κ2) is 6.78. The molecule has 0 spiro atoms. The molecule has 0 saturated carbocycles. The Morgan fingerprint density at radius 2 is 2.26 bits per heavy atom. The predicted octanol–water partition coefficient (Wildman–Crippen LogP) is 2.35. The van der Waals surface area contributed by atoms with Crippen LogP contribution in [0.1, 0.15) is 31.2 Å². The summed E-state index contributed by atoms with van der Waals surface area (Å²) in [5.74, 6) is 1.55. The monoisotopic (exact) mass is 266 g/mol. The smallest absolute Gasteiger partial charge is 0.161 e. The van der Waals surface area contributed by atoms with Crippen LogP contribution in [-0.2, 0) is 4.74 Å². The van der Waals surface area contributed by atoms with E-state index in [-0.39, 0.29) is 18.6 Å². The fraction of sp³-hybridized carbons (Fsp3) is 0.600. The maximum absolute atomic E-state index is 9.23. The van der Waals surface area contributed by atoms with Crippen LogP contribution < -0.4 is 9.47 Å². The first-order chi connectivity index (χ1) is 9.24. The van der Waals surface area contributed by atoms with E-state index in [1.807, 2.05) is 25.1 Å². The molecule has 1 saturated heterocycles. The summed E-state index contributed by atoms with van der Waals surface area (Å²) < 4.78 is 16.7. The zero-order valence-corrected chi connectivity index (χ0v) is 11.6. The fourth-order valence-corrected chi connectivity index (χ4v) is 2.18. The SMILES string of the molecule is COc1ccc(C(C)CO)cc1OC1CCCOC1. The molecule has 1 aromatic rings. The van der Waals surface area contributed by atoms with Gasteiger partial charge >= 0.3 is 0 Å². The summed E-state index contributed by atoms with van der Waals surface area (Å²) in [4.78, 5) is 0. The number of methoxy groups -OCH3 is 1. The minimum atomic E-state index is 0.0855. The average Bonchev–Trinajstić information content (AvgIpc) is 2.47. The highest BCUT2D eigenvalue weighted by Gasteiger charge is 2.18. The summed E-state index contributed by atoms with van der Waals surface area (Å²) in [7, 11) is 1.63. The molecule has 2 atom stereocenters. The Labute approximate surface area is 114 Å². The minimum absolute atomic E-state index is 0.0855. The first-order valence-corrected chi connectivity index (χ1v) is 6.77. The van der Waals surface area contributed by atoms with Crippen molar-refractivity contribution < 1.29 is 19.3 Å². The third-order valence-electron chi connectivity index (χ3n) is 3.44. The molecule has 19 heavy (non-hydrogen) atoms. The lowest BCUT2D eigenvalue weighted by atomic mass is 10.0. The number of hydrogen-bond acceptors (Lipinski definition) is 4. The van der Waals surface area contributed by atoms with Crippen molar-refractivity contribution in [1.29, 1.82) is 0 Å². The van der Waals surface area contributed by atoms with Gasteiger partial charge in [-0.15, -0.1) is 0 Å². The molecule has 1 aliphatic rings. The van der Waals surface area contributed by atoms with Crippen LogP contribution in [0.5, 0.6) is 11.5 Å². The van der Waals surface area contributed by atoms with Gasteiger partial charge in [0.25, 0.3) is 0 Å². The zero-order chi connectivity index (χ0) is 13.7. The Morgan fingerprint density at radius 3 is 2.89 bits per heavy atom. The lowest BCUT2D eigenvalue weighted by Gasteiger charge is -2.24. The highest BCUT2D eigenvalue weighted by atomic mass is 16.5. The van der Waals surface area contributed by atoms with Gasteiger partial charge in [-0.2, -0.15) is 0 Å². The molecule has 0 aliphatic carbocycles. The number of aliphatic hydroxyl groups is 1. The molecule has 4 nitrogen and oxygen atoms in total. The Hall–Kier alpha value is -1.26. The quantitative estimate of drug-likeness (QED) is 0.888. The van der Waals surface area contributed by atoms with Crippen LogP contribution >= 0.6 is 0 Å². The maximum atomic E-state index is 9.23. The third-order valence-corrected chi connectivity index (χ3v) is 3.44. The molecule has 1 N–H and O–H groups in total. The molecule has 4 heteroatoms. The van der Waals surface area contributed by atoms with Gasteiger partial charge in [0.05, 0.1) is 13.7 Å². The molecule has 0 radical (unpaired) electrons. The normalized spacial score (nSPS) is 20.9. The van der Waals surface area contributed by atoms with E-state index in [9.17, 15) is 5.11 Å². The first kappa shape index (κ1) is 14.2. The minimum Gasteiger partial charge on any atom is -0.493 e. The molecular weight excluding hydrogens is 244 g/mol. The number of aliphatic hydroxyl groups excluding tert-OH is 1. The van der Waals surface area contributed by atoms with Gasteiger partial charge in [0.1, 0.15) is 6.10 Å². The van der Waals surface area contributed by atoms with Gasteiger partial charge in [0, 0.05) is 19.1 Å². The summed E-state index contributed by atoms with van der Waals surface area (Å²) in [6, 6.07) is 5.80. The van der Waals surface area contributed by atoms with Gasteiger partial charge in [-0.25, -0.2) is 0 Å². The molecule has 2 unspecified atom stereocenters. The van der Waals surface area contributed by atoms with E-state index in [1.165, 1.54) is 0 Å². The molecule has 1 aliphatic heterocycles. The Morgan fingerprint density at radius 1 is 1.42 bits per heavy atom. The van der Waals surface area contributed by atoms with Crippen molar-refractivity contribution in [3.63, 3.8) is 0 Å². The fourth-order valence-electron chi connectivity index (χ4n) is 2.18. The summed E-state index contributed by atoms with van der Waals surface area (Å²) in [5, 5.41) is 9.23. The predicted molar refractivity (Wildman–Crippen MR) is 73.0 cm³/mol. The molecule has 0 bridgehead atoms. The maximum Gasteiger partial charge on any atom is 0.161 e. The summed E-state index contributed by atoms with van der Waals surface area (Å²) in [5.41, 5.74) is 1.05. The molecule has 0 aromatic heterocycles. The van der Waals surface area contributed by atoms with Crippen molar-refractivity contribution in [1.82, 2.24) is 0 Å². The molecule has 1 aromatic carbocycles. The van der Waals surface area contributed by atoms with Crippen molar-refractivity contribution in [3.05, 3.63) is 23.8 Å². The molecule has 106 valence electrons. The highest BCUT2D eigenvalue weighted by Crippen LogP contribution is 2.32. The van der Waals surface area contributed by atoms with Gasteiger partial charge < -0.3 is 19.3 Å². The number of ether oxygens (including phenoxy) is 3. The van der Waals surface area contributed by atoms with Crippen LogP contribution in [0.4, 0.5) is 0 Å². The van der Waals surface area contributed by atoms with E-state index in [1.54, 1.807) is 7.11 Å². The second-order valence-corrected chi connectivity index (χ2v) is 4.95. The second-order valence-electron chi connectivity index (χ2n) is 4.95. The van der Waals surface area contributed by atoms with Gasteiger partial charge in [-0.3, -0.25) is 0 Å². The van der Waals surface area contributed by atoms with Crippen molar-refractivity contribution in [2.24, 2.45) is 0 Å². The lowest BCUT2D eigenvalue weighted by Crippen LogP contribution is -2.28. The number of hydrogen-bond donors (Lipinski definition) is 1. The van der Waals surface area contributed by atoms with Gasteiger partial charge in [-0.05, 0) is 30.5 Å². The molecule has 0 amide bonds. The molecule has 1 heterocycles. The summed E-state index contributed by atoms with van der Waals surface area (Å²) >= 11 is 0. The van der Waals surface area contributed by atoms with Crippen molar-refractivity contribution >= 4 is 0 Å². The van der Waals surface area contributed by atoms with Gasteiger partial charge in [0.15, 0.2) is 11.5 Å². The van der Waals surface area contributed by atoms with Crippen LogP contribution in [-0.4, -0.2) is 38.1 Å². The standard InChI is InChI=1S/C15H22O4/c1-11(9-16)12-5-6-14(17-2)15(8-12)19-13-4-3-7-18-10-13/h5-6,8,11,13,16H,3-4,7,9-10H2,1-2H3. The number of benzene rings is 1.